The average molecular weight is 335 g/mol. The number of hydrogen-bond donors (Lipinski definition) is 1. The molecule has 2 aromatic carbocycles. The zero-order chi connectivity index (χ0) is 17.8. The van der Waals surface area contributed by atoms with Crippen molar-refractivity contribution >= 4 is 11.0 Å². The molecule has 3 aromatic rings. The number of fused-ring (bicyclic) bond motifs is 1. The minimum atomic E-state index is 0.664. The third-order valence-corrected chi connectivity index (χ3v) is 4.30. The number of rotatable bonds is 7. The van der Waals surface area contributed by atoms with Crippen molar-refractivity contribution in [3.63, 3.8) is 0 Å². The Morgan fingerprint density at radius 3 is 2.20 bits per heavy atom. The molecule has 1 heterocycles. The summed E-state index contributed by atoms with van der Waals surface area (Å²) in [5.41, 5.74) is 4.65. The van der Waals surface area contributed by atoms with E-state index in [9.17, 15) is 0 Å². The fraction of sp³-hybridized carbons (Fsp3) is 0.409. The minimum Gasteiger partial charge on any atom is -0.338 e. The van der Waals surface area contributed by atoms with Gasteiger partial charge in [0.15, 0.2) is 0 Å². The van der Waals surface area contributed by atoms with Crippen LogP contribution in [0.4, 0.5) is 0 Å². The summed E-state index contributed by atoms with van der Waals surface area (Å²) in [6, 6.07) is 16.9. The SMILES string of the molecule is CC(C)CN(Cc1ccccc1-c1nc2ccccc2[nH]1)CC(C)C. The van der Waals surface area contributed by atoms with Crippen molar-refractivity contribution in [2.24, 2.45) is 11.8 Å². The molecule has 0 bridgehead atoms. The molecular formula is C22H29N3. The van der Waals surface area contributed by atoms with Gasteiger partial charge in [0.1, 0.15) is 5.82 Å². The van der Waals surface area contributed by atoms with Crippen molar-refractivity contribution in [2.45, 2.75) is 34.2 Å². The van der Waals surface area contributed by atoms with Gasteiger partial charge in [-0.05, 0) is 29.5 Å². The van der Waals surface area contributed by atoms with Crippen LogP contribution in [0.25, 0.3) is 22.4 Å². The second-order valence-corrected chi connectivity index (χ2v) is 7.74. The maximum absolute atomic E-state index is 4.80. The molecule has 0 amide bonds. The van der Waals surface area contributed by atoms with Gasteiger partial charge >= 0.3 is 0 Å². The Kier molecular flexibility index (Phi) is 5.54. The van der Waals surface area contributed by atoms with Gasteiger partial charge in [-0.15, -0.1) is 0 Å². The molecule has 3 nitrogen and oxygen atoms in total. The number of hydrogen-bond acceptors (Lipinski definition) is 2. The van der Waals surface area contributed by atoms with E-state index in [0.29, 0.717) is 11.8 Å². The van der Waals surface area contributed by atoms with E-state index in [2.05, 4.69) is 74.0 Å². The molecule has 132 valence electrons. The van der Waals surface area contributed by atoms with Crippen molar-refractivity contribution < 1.29 is 0 Å². The zero-order valence-electron chi connectivity index (χ0n) is 15.8. The van der Waals surface area contributed by atoms with Crippen LogP contribution >= 0.6 is 0 Å². The van der Waals surface area contributed by atoms with Gasteiger partial charge in [-0.1, -0.05) is 64.1 Å². The topological polar surface area (TPSA) is 31.9 Å². The first-order valence-electron chi connectivity index (χ1n) is 9.28. The molecule has 1 aromatic heterocycles. The van der Waals surface area contributed by atoms with E-state index in [0.717, 1.165) is 36.5 Å². The van der Waals surface area contributed by atoms with Gasteiger partial charge in [-0.3, -0.25) is 4.90 Å². The van der Waals surface area contributed by atoms with Crippen molar-refractivity contribution in [1.82, 2.24) is 14.9 Å². The predicted molar refractivity (Wildman–Crippen MR) is 106 cm³/mol. The molecule has 0 fully saturated rings. The quantitative estimate of drug-likeness (QED) is 0.631. The van der Waals surface area contributed by atoms with Gasteiger partial charge in [0.25, 0.3) is 0 Å². The second kappa shape index (κ2) is 7.83. The molecule has 0 spiro atoms. The average Bonchev–Trinajstić information content (AvgIpc) is 2.98. The lowest BCUT2D eigenvalue weighted by atomic mass is 10.0. The number of imidazole rings is 1. The van der Waals surface area contributed by atoms with E-state index >= 15 is 0 Å². The first kappa shape index (κ1) is 17.7. The molecule has 0 aliphatic rings. The molecule has 3 rings (SSSR count). The summed E-state index contributed by atoms with van der Waals surface area (Å²) in [5, 5.41) is 0. The van der Waals surface area contributed by atoms with Crippen LogP contribution in [-0.4, -0.2) is 28.0 Å². The largest absolute Gasteiger partial charge is 0.338 e. The lowest BCUT2D eigenvalue weighted by Gasteiger charge is -2.27. The normalized spacial score (nSPS) is 12.0. The lowest BCUT2D eigenvalue weighted by Crippen LogP contribution is -2.31. The van der Waals surface area contributed by atoms with Crippen LogP contribution in [0, 0.1) is 11.8 Å². The molecule has 0 aliphatic heterocycles. The number of para-hydroxylation sites is 2. The Hall–Kier alpha value is -2.13. The fourth-order valence-electron chi connectivity index (χ4n) is 3.45. The molecule has 3 heteroatoms. The van der Waals surface area contributed by atoms with Gasteiger partial charge in [-0.25, -0.2) is 4.98 Å². The van der Waals surface area contributed by atoms with E-state index < -0.39 is 0 Å². The molecular weight excluding hydrogens is 306 g/mol. The first-order chi connectivity index (χ1) is 12.0. The summed E-state index contributed by atoms with van der Waals surface area (Å²) < 4.78 is 0. The maximum atomic E-state index is 4.80. The Balaban J connectivity index is 1.91. The van der Waals surface area contributed by atoms with Crippen molar-refractivity contribution in [3.8, 4) is 11.4 Å². The molecule has 0 radical (unpaired) electrons. The van der Waals surface area contributed by atoms with Gasteiger partial charge < -0.3 is 4.98 Å². The molecule has 0 unspecified atom stereocenters. The monoisotopic (exact) mass is 335 g/mol. The summed E-state index contributed by atoms with van der Waals surface area (Å²) >= 11 is 0. The van der Waals surface area contributed by atoms with Crippen LogP contribution in [0.3, 0.4) is 0 Å². The summed E-state index contributed by atoms with van der Waals surface area (Å²) in [6.07, 6.45) is 0. The van der Waals surface area contributed by atoms with Crippen LogP contribution in [0.15, 0.2) is 48.5 Å². The van der Waals surface area contributed by atoms with Crippen LogP contribution in [0.5, 0.6) is 0 Å². The highest BCUT2D eigenvalue weighted by Crippen LogP contribution is 2.25. The molecule has 0 saturated carbocycles. The summed E-state index contributed by atoms with van der Waals surface area (Å²) in [7, 11) is 0. The Labute approximate surface area is 151 Å². The third-order valence-electron chi connectivity index (χ3n) is 4.30. The first-order valence-corrected chi connectivity index (χ1v) is 9.28. The number of aromatic nitrogens is 2. The maximum Gasteiger partial charge on any atom is 0.138 e. The number of H-pyrrole nitrogens is 1. The van der Waals surface area contributed by atoms with Crippen LogP contribution in [0.2, 0.25) is 0 Å². The second-order valence-electron chi connectivity index (χ2n) is 7.74. The van der Waals surface area contributed by atoms with Crippen LogP contribution in [0.1, 0.15) is 33.3 Å². The number of aromatic amines is 1. The summed E-state index contributed by atoms with van der Waals surface area (Å²) in [4.78, 5) is 10.8. The smallest absolute Gasteiger partial charge is 0.138 e. The van der Waals surface area contributed by atoms with E-state index in [-0.39, 0.29) is 0 Å². The highest BCUT2D eigenvalue weighted by molar-refractivity contribution is 5.79. The molecule has 0 saturated heterocycles. The van der Waals surface area contributed by atoms with E-state index in [1.807, 2.05) is 12.1 Å². The van der Waals surface area contributed by atoms with E-state index in [4.69, 9.17) is 4.98 Å². The van der Waals surface area contributed by atoms with E-state index in [1.54, 1.807) is 0 Å². The van der Waals surface area contributed by atoms with Crippen LogP contribution < -0.4 is 0 Å². The summed E-state index contributed by atoms with van der Waals surface area (Å²) in [6.45, 7) is 12.4. The predicted octanol–water partition coefficient (Wildman–Crippen LogP) is 5.34. The van der Waals surface area contributed by atoms with Crippen molar-refractivity contribution in [3.05, 3.63) is 54.1 Å². The Morgan fingerprint density at radius 2 is 1.52 bits per heavy atom. The van der Waals surface area contributed by atoms with Gasteiger partial charge in [-0.2, -0.15) is 0 Å². The zero-order valence-corrected chi connectivity index (χ0v) is 15.8. The Morgan fingerprint density at radius 1 is 0.880 bits per heavy atom. The van der Waals surface area contributed by atoms with Crippen molar-refractivity contribution in [1.29, 1.82) is 0 Å². The molecule has 1 N–H and O–H groups in total. The van der Waals surface area contributed by atoms with Crippen molar-refractivity contribution in [2.75, 3.05) is 13.1 Å². The highest BCUT2D eigenvalue weighted by atomic mass is 15.1. The highest BCUT2D eigenvalue weighted by Gasteiger charge is 2.14. The number of nitrogens with zero attached hydrogens (tertiary/aromatic N) is 2. The molecule has 0 atom stereocenters. The van der Waals surface area contributed by atoms with Crippen LogP contribution in [-0.2, 0) is 6.54 Å². The molecule has 0 aliphatic carbocycles. The third kappa shape index (κ3) is 4.49. The van der Waals surface area contributed by atoms with E-state index in [1.165, 1.54) is 11.1 Å². The summed E-state index contributed by atoms with van der Waals surface area (Å²) in [5.74, 6) is 2.29. The van der Waals surface area contributed by atoms with Gasteiger partial charge in [0.05, 0.1) is 11.0 Å². The minimum absolute atomic E-state index is 0.664. The fourth-order valence-corrected chi connectivity index (χ4v) is 3.45. The lowest BCUT2D eigenvalue weighted by molar-refractivity contribution is 0.211. The molecule has 25 heavy (non-hydrogen) atoms. The Bertz CT molecular complexity index is 774. The van der Waals surface area contributed by atoms with Gasteiger partial charge in [0, 0.05) is 25.2 Å². The standard InChI is InChI=1S/C22H29N3/c1-16(2)13-25(14-17(3)4)15-18-9-5-6-10-19(18)22-23-20-11-7-8-12-21(20)24-22/h5-12,16-17H,13-15H2,1-4H3,(H,23,24). The van der Waals surface area contributed by atoms with Gasteiger partial charge in [0.2, 0.25) is 0 Å². The number of benzene rings is 2. The number of nitrogens with one attached hydrogen (secondary N) is 1.